The summed E-state index contributed by atoms with van der Waals surface area (Å²) in [6.07, 6.45) is 1.29. The first kappa shape index (κ1) is 9.04. The summed E-state index contributed by atoms with van der Waals surface area (Å²) in [6, 6.07) is 2.25. The minimum absolute atomic E-state index is 0.747. The summed E-state index contributed by atoms with van der Waals surface area (Å²) < 4.78 is 1.25. The second-order valence-electron chi connectivity index (χ2n) is 3.31. The van der Waals surface area contributed by atoms with Crippen LogP contribution in [0.15, 0.2) is 10.5 Å². The quantitative estimate of drug-likeness (QED) is 0.704. The minimum atomic E-state index is 0.747. The molecule has 2 rings (SSSR count). The molecule has 1 saturated carbocycles. The molecule has 0 aliphatic heterocycles. The highest BCUT2D eigenvalue weighted by Gasteiger charge is 2.38. The highest BCUT2D eigenvalue weighted by molar-refractivity contribution is 9.10. The number of alkyl halides is 1. The van der Waals surface area contributed by atoms with Crippen LogP contribution in [-0.4, -0.2) is 5.88 Å². The van der Waals surface area contributed by atoms with E-state index in [1.807, 2.05) is 11.3 Å². The average molecular weight is 266 g/mol. The van der Waals surface area contributed by atoms with Crippen LogP contribution in [0.3, 0.4) is 0 Å². The van der Waals surface area contributed by atoms with Crippen molar-refractivity contribution in [3.63, 3.8) is 0 Å². The molecule has 0 nitrogen and oxygen atoms in total. The van der Waals surface area contributed by atoms with E-state index >= 15 is 0 Å². The standard InChI is InChI=1S/C9H10BrClS/c1-5-8(10)3-9(12-5)7-2-6(7)4-11/h3,6-7H,2,4H2,1H3. The van der Waals surface area contributed by atoms with Gasteiger partial charge in [0, 0.05) is 20.1 Å². The lowest BCUT2D eigenvalue weighted by Gasteiger charge is -1.89. The monoisotopic (exact) mass is 264 g/mol. The summed E-state index contributed by atoms with van der Waals surface area (Å²) in [7, 11) is 0. The van der Waals surface area contributed by atoms with Crippen molar-refractivity contribution in [3.05, 3.63) is 20.3 Å². The van der Waals surface area contributed by atoms with Crippen molar-refractivity contribution in [1.29, 1.82) is 0 Å². The van der Waals surface area contributed by atoms with Gasteiger partial charge in [-0.05, 0) is 47.2 Å². The van der Waals surface area contributed by atoms with Gasteiger partial charge in [-0.15, -0.1) is 22.9 Å². The van der Waals surface area contributed by atoms with E-state index < -0.39 is 0 Å². The van der Waals surface area contributed by atoms with Gasteiger partial charge in [0.15, 0.2) is 0 Å². The van der Waals surface area contributed by atoms with Crippen LogP contribution in [0.1, 0.15) is 22.1 Å². The number of thiophene rings is 1. The summed E-state index contributed by atoms with van der Waals surface area (Å²) in [5, 5.41) is 0. The molecule has 66 valence electrons. The molecule has 12 heavy (non-hydrogen) atoms. The first-order valence-electron chi connectivity index (χ1n) is 4.04. The molecule has 2 unspecified atom stereocenters. The normalized spacial score (nSPS) is 27.6. The van der Waals surface area contributed by atoms with Crippen molar-refractivity contribution < 1.29 is 0 Å². The summed E-state index contributed by atoms with van der Waals surface area (Å²) in [6.45, 7) is 2.15. The lowest BCUT2D eigenvalue weighted by molar-refractivity contribution is 0.935. The Hall–Kier alpha value is 0.470. The molecule has 1 aromatic heterocycles. The van der Waals surface area contributed by atoms with Crippen molar-refractivity contribution in [1.82, 2.24) is 0 Å². The number of rotatable bonds is 2. The fourth-order valence-corrected chi connectivity index (χ4v) is 3.54. The zero-order valence-electron chi connectivity index (χ0n) is 6.81. The zero-order chi connectivity index (χ0) is 8.72. The van der Waals surface area contributed by atoms with Gasteiger partial charge in [0.2, 0.25) is 0 Å². The van der Waals surface area contributed by atoms with Crippen molar-refractivity contribution in [2.45, 2.75) is 19.3 Å². The third-order valence-electron chi connectivity index (χ3n) is 2.36. The highest BCUT2D eigenvalue weighted by atomic mass is 79.9. The van der Waals surface area contributed by atoms with Crippen molar-refractivity contribution in [2.75, 3.05) is 5.88 Å². The first-order valence-corrected chi connectivity index (χ1v) is 6.18. The lowest BCUT2D eigenvalue weighted by atomic mass is 10.3. The molecule has 1 aliphatic carbocycles. The maximum absolute atomic E-state index is 5.78. The van der Waals surface area contributed by atoms with Crippen LogP contribution in [0.25, 0.3) is 0 Å². The Morgan fingerprint density at radius 2 is 2.50 bits per heavy atom. The Morgan fingerprint density at radius 3 is 2.92 bits per heavy atom. The molecule has 1 aromatic rings. The van der Waals surface area contributed by atoms with Gasteiger partial charge in [-0.25, -0.2) is 0 Å². The molecule has 2 atom stereocenters. The fraction of sp³-hybridized carbons (Fsp3) is 0.556. The summed E-state index contributed by atoms with van der Waals surface area (Å²) in [5.41, 5.74) is 0. The summed E-state index contributed by atoms with van der Waals surface area (Å²) >= 11 is 11.2. The third kappa shape index (κ3) is 1.57. The Balaban J connectivity index is 2.15. The van der Waals surface area contributed by atoms with E-state index in [0.29, 0.717) is 0 Å². The second kappa shape index (κ2) is 3.32. The Kier molecular flexibility index (Phi) is 2.50. The molecule has 1 heterocycles. The topological polar surface area (TPSA) is 0 Å². The molecule has 0 amide bonds. The van der Waals surface area contributed by atoms with Crippen molar-refractivity contribution >= 4 is 38.9 Å². The molecular formula is C9H10BrClS. The van der Waals surface area contributed by atoms with E-state index in [2.05, 4.69) is 28.9 Å². The first-order chi connectivity index (χ1) is 5.72. The Bertz CT molecular complexity index is 275. The van der Waals surface area contributed by atoms with Crippen LogP contribution in [-0.2, 0) is 0 Å². The van der Waals surface area contributed by atoms with E-state index in [4.69, 9.17) is 11.6 Å². The lowest BCUT2D eigenvalue weighted by Crippen LogP contribution is -1.78. The van der Waals surface area contributed by atoms with Gasteiger partial charge in [-0.1, -0.05) is 0 Å². The SMILES string of the molecule is Cc1sc(C2CC2CCl)cc1Br. The fourth-order valence-electron chi connectivity index (χ4n) is 1.43. The molecule has 0 bridgehead atoms. The highest BCUT2D eigenvalue weighted by Crippen LogP contribution is 2.51. The van der Waals surface area contributed by atoms with Gasteiger partial charge in [0.1, 0.15) is 0 Å². The summed E-state index contributed by atoms with van der Waals surface area (Å²) in [5.74, 6) is 2.33. The number of halogens is 2. The van der Waals surface area contributed by atoms with Gasteiger partial charge >= 0.3 is 0 Å². The molecule has 0 saturated heterocycles. The van der Waals surface area contributed by atoms with E-state index in [1.54, 1.807) is 0 Å². The summed E-state index contributed by atoms with van der Waals surface area (Å²) in [4.78, 5) is 2.88. The predicted molar refractivity (Wildman–Crippen MR) is 58.3 cm³/mol. The Labute approximate surface area is 90.1 Å². The van der Waals surface area contributed by atoms with Crippen LogP contribution in [0.4, 0.5) is 0 Å². The largest absolute Gasteiger partial charge is 0.144 e. The zero-order valence-corrected chi connectivity index (χ0v) is 9.97. The smallest absolute Gasteiger partial charge is 0.0314 e. The molecule has 3 heteroatoms. The molecule has 0 N–H and O–H groups in total. The number of hydrogen-bond acceptors (Lipinski definition) is 1. The van der Waals surface area contributed by atoms with Crippen LogP contribution in [0, 0.1) is 12.8 Å². The molecule has 1 aliphatic rings. The minimum Gasteiger partial charge on any atom is -0.144 e. The van der Waals surface area contributed by atoms with E-state index in [9.17, 15) is 0 Å². The maximum atomic E-state index is 5.78. The molecular weight excluding hydrogens is 256 g/mol. The van der Waals surface area contributed by atoms with E-state index in [1.165, 1.54) is 20.6 Å². The number of hydrogen-bond donors (Lipinski definition) is 0. The molecule has 0 radical (unpaired) electrons. The third-order valence-corrected chi connectivity index (χ3v) is 5.03. The predicted octanol–water partition coefficient (Wildman–Crippen LogP) is 4.16. The second-order valence-corrected chi connectivity index (χ2v) is 5.76. The molecule has 0 aromatic carbocycles. The van der Waals surface area contributed by atoms with Crippen LogP contribution in [0.5, 0.6) is 0 Å². The molecule has 0 spiro atoms. The van der Waals surface area contributed by atoms with E-state index in [0.717, 1.165) is 17.7 Å². The van der Waals surface area contributed by atoms with E-state index in [-0.39, 0.29) is 0 Å². The van der Waals surface area contributed by atoms with Gasteiger partial charge in [-0.3, -0.25) is 0 Å². The number of aryl methyl sites for hydroxylation is 1. The van der Waals surface area contributed by atoms with Crippen molar-refractivity contribution in [2.24, 2.45) is 5.92 Å². The van der Waals surface area contributed by atoms with Crippen LogP contribution in [0.2, 0.25) is 0 Å². The van der Waals surface area contributed by atoms with Gasteiger partial charge < -0.3 is 0 Å². The Morgan fingerprint density at radius 1 is 1.75 bits per heavy atom. The van der Waals surface area contributed by atoms with Crippen LogP contribution < -0.4 is 0 Å². The van der Waals surface area contributed by atoms with Gasteiger partial charge in [0.05, 0.1) is 0 Å². The molecule has 1 fully saturated rings. The van der Waals surface area contributed by atoms with Gasteiger partial charge in [0.25, 0.3) is 0 Å². The maximum Gasteiger partial charge on any atom is 0.0314 e. The average Bonchev–Trinajstić information content (AvgIpc) is 2.75. The van der Waals surface area contributed by atoms with Crippen molar-refractivity contribution in [3.8, 4) is 0 Å². The van der Waals surface area contributed by atoms with Crippen LogP contribution >= 0.6 is 38.9 Å². The van der Waals surface area contributed by atoms with Gasteiger partial charge in [-0.2, -0.15) is 0 Å².